The Hall–Kier alpha value is -1.26. The van der Waals surface area contributed by atoms with Crippen molar-refractivity contribution in [3.8, 4) is 5.75 Å². The number of rotatable bonds is 2. The lowest BCUT2D eigenvalue weighted by atomic mass is 9.96. The zero-order valence-corrected chi connectivity index (χ0v) is 10.6. The number of carbonyl (C=O) groups is 1. The van der Waals surface area contributed by atoms with Crippen molar-refractivity contribution in [1.82, 2.24) is 10.4 Å². The van der Waals surface area contributed by atoms with Gasteiger partial charge in [0.15, 0.2) is 0 Å². The van der Waals surface area contributed by atoms with Gasteiger partial charge in [-0.15, -0.1) is 0 Å². The zero-order valence-electron chi connectivity index (χ0n) is 9.87. The van der Waals surface area contributed by atoms with E-state index in [1.54, 1.807) is 25.2 Å². The van der Waals surface area contributed by atoms with E-state index < -0.39 is 0 Å². The van der Waals surface area contributed by atoms with E-state index in [1.165, 1.54) is 0 Å². The quantitative estimate of drug-likeness (QED) is 0.813. The van der Waals surface area contributed by atoms with E-state index in [0.29, 0.717) is 18.1 Å². The molecule has 1 amide bonds. The van der Waals surface area contributed by atoms with Gasteiger partial charge in [-0.25, -0.2) is 5.01 Å². The van der Waals surface area contributed by atoms with Gasteiger partial charge in [-0.05, 0) is 30.2 Å². The van der Waals surface area contributed by atoms with Gasteiger partial charge in [0, 0.05) is 19.1 Å². The first kappa shape index (κ1) is 12.2. The molecule has 1 aromatic carbocycles. The maximum Gasteiger partial charge on any atom is 0.241 e. The molecule has 0 radical (unpaired) electrons. The van der Waals surface area contributed by atoms with E-state index in [2.05, 4.69) is 5.43 Å². The standard InChI is InChI=1S/C12H15ClN2O2/c1-15(2)14-12(16)9-5-8-6-10(13)3-4-11(8)17-7-9/h3-4,6,9H,5,7H2,1-2H3,(H,14,16)/t9-/m0/s1. The number of fused-ring (bicyclic) bond motifs is 1. The Balaban J connectivity index is 2.10. The van der Waals surface area contributed by atoms with Crippen molar-refractivity contribution >= 4 is 17.5 Å². The first-order valence-electron chi connectivity index (χ1n) is 5.45. The third kappa shape index (κ3) is 2.90. The molecule has 0 saturated heterocycles. The summed E-state index contributed by atoms with van der Waals surface area (Å²) in [6.07, 6.45) is 0.662. The first-order chi connectivity index (χ1) is 8.06. The van der Waals surface area contributed by atoms with E-state index in [1.807, 2.05) is 12.1 Å². The van der Waals surface area contributed by atoms with Gasteiger partial charge in [0.05, 0.1) is 5.92 Å². The molecule has 92 valence electrons. The number of carbonyl (C=O) groups excluding carboxylic acids is 1. The van der Waals surface area contributed by atoms with Crippen molar-refractivity contribution < 1.29 is 9.53 Å². The molecule has 1 aliphatic rings. The van der Waals surface area contributed by atoms with Crippen LogP contribution in [0.25, 0.3) is 0 Å². The van der Waals surface area contributed by atoms with Gasteiger partial charge in [-0.3, -0.25) is 10.2 Å². The highest BCUT2D eigenvalue weighted by molar-refractivity contribution is 6.30. The van der Waals surface area contributed by atoms with Gasteiger partial charge in [0.2, 0.25) is 5.91 Å². The highest BCUT2D eigenvalue weighted by atomic mass is 35.5. The summed E-state index contributed by atoms with van der Waals surface area (Å²) < 4.78 is 5.56. The van der Waals surface area contributed by atoms with Gasteiger partial charge >= 0.3 is 0 Å². The van der Waals surface area contributed by atoms with E-state index >= 15 is 0 Å². The molecule has 0 unspecified atom stereocenters. The molecule has 0 fully saturated rings. The number of hydrogen-bond acceptors (Lipinski definition) is 3. The molecule has 1 aromatic rings. The van der Waals surface area contributed by atoms with Gasteiger partial charge < -0.3 is 4.74 Å². The summed E-state index contributed by atoms with van der Waals surface area (Å²) in [6.45, 7) is 0.411. The molecule has 5 heteroatoms. The molecule has 1 heterocycles. The van der Waals surface area contributed by atoms with E-state index in [4.69, 9.17) is 16.3 Å². The molecule has 0 bridgehead atoms. The predicted molar refractivity (Wildman–Crippen MR) is 66.0 cm³/mol. The van der Waals surface area contributed by atoms with Crippen molar-refractivity contribution in [2.24, 2.45) is 5.92 Å². The average molecular weight is 255 g/mol. The Morgan fingerprint density at radius 1 is 1.53 bits per heavy atom. The van der Waals surface area contributed by atoms with Crippen molar-refractivity contribution in [3.63, 3.8) is 0 Å². The topological polar surface area (TPSA) is 41.6 Å². The second-order valence-corrected chi connectivity index (χ2v) is 4.77. The average Bonchev–Trinajstić information content (AvgIpc) is 2.27. The molecule has 0 aliphatic carbocycles. The number of amides is 1. The summed E-state index contributed by atoms with van der Waals surface area (Å²) >= 11 is 5.92. The highest BCUT2D eigenvalue weighted by Gasteiger charge is 2.26. The summed E-state index contributed by atoms with van der Waals surface area (Å²) in [5.41, 5.74) is 3.73. The summed E-state index contributed by atoms with van der Waals surface area (Å²) in [6, 6.07) is 5.49. The Labute approximate surface area is 105 Å². The highest BCUT2D eigenvalue weighted by Crippen LogP contribution is 2.29. The lowest BCUT2D eigenvalue weighted by molar-refractivity contribution is -0.130. The Kier molecular flexibility index (Phi) is 3.54. The van der Waals surface area contributed by atoms with Crippen LogP contribution >= 0.6 is 11.6 Å². The lowest BCUT2D eigenvalue weighted by Gasteiger charge is -2.25. The number of nitrogens with one attached hydrogen (secondary N) is 1. The summed E-state index contributed by atoms with van der Waals surface area (Å²) in [5.74, 6) is 0.632. The van der Waals surface area contributed by atoms with Gasteiger partial charge in [0.1, 0.15) is 12.4 Å². The van der Waals surface area contributed by atoms with Gasteiger partial charge in [0.25, 0.3) is 0 Å². The predicted octanol–water partition coefficient (Wildman–Crippen LogP) is 1.48. The maximum atomic E-state index is 11.8. The summed E-state index contributed by atoms with van der Waals surface area (Å²) in [7, 11) is 3.57. The molecule has 4 nitrogen and oxygen atoms in total. The first-order valence-corrected chi connectivity index (χ1v) is 5.83. The molecule has 0 spiro atoms. The SMILES string of the molecule is CN(C)NC(=O)[C@@H]1COc2ccc(Cl)cc2C1. The lowest BCUT2D eigenvalue weighted by Crippen LogP contribution is -2.43. The van der Waals surface area contributed by atoms with Crippen molar-refractivity contribution in [1.29, 1.82) is 0 Å². The van der Waals surface area contributed by atoms with E-state index in [0.717, 1.165) is 11.3 Å². The molecule has 1 atom stereocenters. The van der Waals surface area contributed by atoms with Gasteiger partial charge in [-0.1, -0.05) is 11.6 Å². The maximum absolute atomic E-state index is 11.8. The minimum atomic E-state index is -0.164. The van der Waals surface area contributed by atoms with Crippen LogP contribution in [0.1, 0.15) is 5.56 Å². The second-order valence-electron chi connectivity index (χ2n) is 4.33. The van der Waals surface area contributed by atoms with Crippen LogP contribution < -0.4 is 10.2 Å². The Morgan fingerprint density at radius 2 is 2.29 bits per heavy atom. The Bertz CT molecular complexity index is 435. The third-order valence-electron chi connectivity index (χ3n) is 2.63. The Morgan fingerprint density at radius 3 is 3.00 bits per heavy atom. The zero-order chi connectivity index (χ0) is 12.4. The van der Waals surface area contributed by atoms with E-state index in [-0.39, 0.29) is 11.8 Å². The molecule has 1 N–H and O–H groups in total. The number of nitrogens with zero attached hydrogens (tertiary/aromatic N) is 1. The normalized spacial score (nSPS) is 18.5. The molecule has 0 aromatic heterocycles. The van der Waals surface area contributed by atoms with Crippen LogP contribution in [-0.2, 0) is 11.2 Å². The fourth-order valence-electron chi connectivity index (χ4n) is 1.84. The molecular formula is C12H15ClN2O2. The van der Waals surface area contributed by atoms with Crippen molar-refractivity contribution in [3.05, 3.63) is 28.8 Å². The summed E-state index contributed by atoms with van der Waals surface area (Å²) in [4.78, 5) is 11.8. The fourth-order valence-corrected chi connectivity index (χ4v) is 2.04. The largest absolute Gasteiger partial charge is 0.492 e. The van der Waals surface area contributed by atoms with Crippen molar-refractivity contribution in [2.45, 2.75) is 6.42 Å². The summed E-state index contributed by atoms with van der Waals surface area (Å²) in [5, 5.41) is 2.30. The number of hydrazine groups is 1. The molecular weight excluding hydrogens is 240 g/mol. The number of ether oxygens (including phenoxy) is 1. The third-order valence-corrected chi connectivity index (χ3v) is 2.87. The molecule has 1 aliphatic heterocycles. The van der Waals surface area contributed by atoms with Crippen LogP contribution in [0.3, 0.4) is 0 Å². The fraction of sp³-hybridized carbons (Fsp3) is 0.417. The smallest absolute Gasteiger partial charge is 0.241 e. The number of halogens is 1. The monoisotopic (exact) mass is 254 g/mol. The van der Waals surface area contributed by atoms with Crippen molar-refractivity contribution in [2.75, 3.05) is 20.7 Å². The van der Waals surface area contributed by atoms with Crippen LogP contribution in [0.15, 0.2) is 18.2 Å². The van der Waals surface area contributed by atoms with Crippen LogP contribution in [0.5, 0.6) is 5.75 Å². The van der Waals surface area contributed by atoms with E-state index in [9.17, 15) is 4.79 Å². The van der Waals surface area contributed by atoms with Crippen LogP contribution in [0.4, 0.5) is 0 Å². The van der Waals surface area contributed by atoms with Crippen LogP contribution in [0, 0.1) is 5.92 Å². The minimum Gasteiger partial charge on any atom is -0.492 e. The second kappa shape index (κ2) is 4.94. The minimum absolute atomic E-state index is 0.0272. The molecule has 2 rings (SSSR count). The van der Waals surface area contributed by atoms with Crippen LogP contribution in [0.2, 0.25) is 5.02 Å². The number of hydrogen-bond donors (Lipinski definition) is 1. The molecule has 0 saturated carbocycles. The van der Waals surface area contributed by atoms with Crippen LogP contribution in [-0.4, -0.2) is 31.6 Å². The molecule has 17 heavy (non-hydrogen) atoms. The van der Waals surface area contributed by atoms with Gasteiger partial charge in [-0.2, -0.15) is 0 Å². The number of benzene rings is 1.